The third-order valence-electron chi connectivity index (χ3n) is 5.09. The van der Waals surface area contributed by atoms with Crippen LogP contribution in [-0.4, -0.2) is 91.6 Å². The molecule has 9 heteroatoms. The average Bonchev–Trinajstić information content (AvgIpc) is 3.12. The number of piperazine rings is 1. The summed E-state index contributed by atoms with van der Waals surface area (Å²) in [5, 5.41) is 2.94. The molecule has 2 fully saturated rings. The number of morpholine rings is 1. The molecule has 2 amide bonds. The average molecular weight is 415 g/mol. The Morgan fingerprint density at radius 2 is 1.89 bits per heavy atom. The first-order valence-electron chi connectivity index (χ1n) is 9.37. The fourth-order valence-corrected chi connectivity index (χ4v) is 4.43. The standard InChI is InChI=1S/C18H27ClN4O3S/c1-14(18(25)23-8-10-26-11-9-23)22-6-4-21(5-7-22)13-17(24)20-12-15-2-3-16(19)27-15/h2-3,14H,4-13H2,1H3,(H,20,24). The fourth-order valence-electron chi connectivity index (χ4n) is 3.40. The summed E-state index contributed by atoms with van der Waals surface area (Å²) in [6.45, 7) is 8.66. The predicted molar refractivity (Wildman–Crippen MR) is 106 cm³/mol. The van der Waals surface area contributed by atoms with Crippen LogP contribution in [0.1, 0.15) is 11.8 Å². The van der Waals surface area contributed by atoms with Crippen molar-refractivity contribution in [2.75, 3.05) is 59.0 Å². The second kappa shape index (κ2) is 9.84. The Hall–Kier alpha value is -1.19. The van der Waals surface area contributed by atoms with Crippen molar-refractivity contribution < 1.29 is 14.3 Å². The SMILES string of the molecule is CC(C(=O)N1CCOCC1)N1CCN(CC(=O)NCc2ccc(Cl)s2)CC1. The van der Waals surface area contributed by atoms with E-state index in [0.717, 1.165) is 35.4 Å². The molecule has 0 bridgehead atoms. The van der Waals surface area contributed by atoms with Gasteiger partial charge in [-0.25, -0.2) is 0 Å². The maximum Gasteiger partial charge on any atom is 0.239 e. The summed E-state index contributed by atoms with van der Waals surface area (Å²) in [7, 11) is 0. The monoisotopic (exact) mass is 414 g/mol. The van der Waals surface area contributed by atoms with Gasteiger partial charge >= 0.3 is 0 Å². The molecule has 7 nitrogen and oxygen atoms in total. The summed E-state index contributed by atoms with van der Waals surface area (Å²) in [6.07, 6.45) is 0. The van der Waals surface area contributed by atoms with Crippen molar-refractivity contribution >= 4 is 34.8 Å². The topological polar surface area (TPSA) is 65.1 Å². The Balaban J connectivity index is 1.37. The van der Waals surface area contributed by atoms with Crippen LogP contribution >= 0.6 is 22.9 Å². The van der Waals surface area contributed by atoms with Crippen LogP contribution in [0.4, 0.5) is 0 Å². The first kappa shape index (κ1) is 20.5. The van der Waals surface area contributed by atoms with Gasteiger partial charge in [0.2, 0.25) is 11.8 Å². The van der Waals surface area contributed by atoms with Crippen LogP contribution in [0.2, 0.25) is 4.34 Å². The molecule has 0 saturated carbocycles. The number of nitrogens with zero attached hydrogens (tertiary/aromatic N) is 3. The molecule has 1 unspecified atom stereocenters. The van der Waals surface area contributed by atoms with E-state index in [9.17, 15) is 9.59 Å². The van der Waals surface area contributed by atoms with Gasteiger partial charge in [0.25, 0.3) is 0 Å². The van der Waals surface area contributed by atoms with Crippen LogP contribution < -0.4 is 5.32 Å². The highest BCUT2D eigenvalue weighted by Crippen LogP contribution is 2.21. The Morgan fingerprint density at radius 3 is 2.52 bits per heavy atom. The Bertz CT molecular complexity index is 642. The number of nitrogens with one attached hydrogen (secondary N) is 1. The quantitative estimate of drug-likeness (QED) is 0.748. The first-order chi connectivity index (χ1) is 13.0. The highest BCUT2D eigenvalue weighted by atomic mass is 35.5. The molecule has 1 atom stereocenters. The minimum atomic E-state index is -0.123. The summed E-state index contributed by atoms with van der Waals surface area (Å²) < 4.78 is 6.05. The van der Waals surface area contributed by atoms with Crippen LogP contribution in [-0.2, 0) is 20.9 Å². The zero-order valence-corrected chi connectivity index (χ0v) is 17.2. The Morgan fingerprint density at radius 1 is 1.19 bits per heavy atom. The van der Waals surface area contributed by atoms with Gasteiger partial charge in [0, 0.05) is 44.1 Å². The summed E-state index contributed by atoms with van der Waals surface area (Å²) in [5.74, 6) is 0.199. The summed E-state index contributed by atoms with van der Waals surface area (Å²) >= 11 is 7.38. The Kier molecular flexibility index (Phi) is 7.49. The Labute approximate surface area is 169 Å². The van der Waals surface area contributed by atoms with Crippen LogP contribution in [0.25, 0.3) is 0 Å². The molecule has 1 aromatic heterocycles. The van der Waals surface area contributed by atoms with Crippen LogP contribution in [0.3, 0.4) is 0 Å². The van der Waals surface area contributed by atoms with Gasteiger partial charge in [-0.1, -0.05) is 11.6 Å². The second-order valence-corrected chi connectivity index (χ2v) is 8.71. The van der Waals surface area contributed by atoms with Gasteiger partial charge in [-0.3, -0.25) is 19.4 Å². The zero-order valence-electron chi connectivity index (χ0n) is 15.7. The maximum absolute atomic E-state index is 12.6. The molecule has 1 N–H and O–H groups in total. The molecular weight excluding hydrogens is 388 g/mol. The molecule has 2 aliphatic heterocycles. The van der Waals surface area contributed by atoms with Crippen molar-refractivity contribution in [2.45, 2.75) is 19.5 Å². The van der Waals surface area contributed by atoms with E-state index in [2.05, 4.69) is 15.1 Å². The molecule has 150 valence electrons. The van der Waals surface area contributed by atoms with Gasteiger partial charge in [-0.05, 0) is 19.1 Å². The smallest absolute Gasteiger partial charge is 0.239 e. The number of thiophene rings is 1. The highest BCUT2D eigenvalue weighted by Gasteiger charge is 2.29. The van der Waals surface area contributed by atoms with E-state index in [1.807, 2.05) is 24.0 Å². The fraction of sp³-hybridized carbons (Fsp3) is 0.667. The molecule has 2 aliphatic rings. The predicted octanol–water partition coefficient (Wildman–Crippen LogP) is 0.883. The summed E-state index contributed by atoms with van der Waals surface area (Å²) in [5.41, 5.74) is 0. The lowest BCUT2D eigenvalue weighted by Crippen LogP contribution is -2.56. The molecule has 0 spiro atoms. The van der Waals surface area contributed by atoms with Gasteiger partial charge in [-0.2, -0.15) is 0 Å². The van der Waals surface area contributed by atoms with Gasteiger partial charge in [0.15, 0.2) is 0 Å². The number of ether oxygens (including phenoxy) is 1. The molecule has 1 aromatic rings. The lowest BCUT2D eigenvalue weighted by atomic mass is 10.2. The van der Waals surface area contributed by atoms with E-state index in [4.69, 9.17) is 16.3 Å². The molecule has 0 aliphatic carbocycles. The van der Waals surface area contributed by atoms with Crippen molar-refractivity contribution in [1.82, 2.24) is 20.0 Å². The normalized spacial score (nSPS) is 20.4. The largest absolute Gasteiger partial charge is 0.378 e. The lowest BCUT2D eigenvalue weighted by molar-refractivity contribution is -0.141. The molecule has 0 aromatic carbocycles. The first-order valence-corrected chi connectivity index (χ1v) is 10.6. The number of hydrogen-bond donors (Lipinski definition) is 1. The third-order valence-corrected chi connectivity index (χ3v) is 6.32. The van der Waals surface area contributed by atoms with Crippen molar-refractivity contribution in [3.63, 3.8) is 0 Å². The van der Waals surface area contributed by atoms with Gasteiger partial charge in [-0.15, -0.1) is 11.3 Å². The molecule has 3 rings (SSSR count). The van der Waals surface area contributed by atoms with Crippen LogP contribution in [0.5, 0.6) is 0 Å². The van der Waals surface area contributed by atoms with Gasteiger partial charge in [0.05, 0.1) is 36.7 Å². The third kappa shape index (κ3) is 5.89. The van der Waals surface area contributed by atoms with E-state index in [0.29, 0.717) is 39.4 Å². The minimum absolute atomic E-state index is 0.0189. The van der Waals surface area contributed by atoms with Crippen molar-refractivity contribution in [2.24, 2.45) is 0 Å². The number of carbonyl (C=O) groups excluding carboxylic acids is 2. The maximum atomic E-state index is 12.6. The second-order valence-electron chi connectivity index (χ2n) is 6.91. The minimum Gasteiger partial charge on any atom is -0.378 e. The van der Waals surface area contributed by atoms with E-state index < -0.39 is 0 Å². The lowest BCUT2D eigenvalue weighted by Gasteiger charge is -2.39. The van der Waals surface area contributed by atoms with Crippen molar-refractivity contribution in [1.29, 1.82) is 0 Å². The molecule has 0 radical (unpaired) electrons. The summed E-state index contributed by atoms with van der Waals surface area (Å²) in [4.78, 5) is 32.1. The van der Waals surface area contributed by atoms with E-state index >= 15 is 0 Å². The number of halogens is 1. The highest BCUT2D eigenvalue weighted by molar-refractivity contribution is 7.16. The number of rotatable bonds is 6. The van der Waals surface area contributed by atoms with E-state index in [1.54, 1.807) is 0 Å². The van der Waals surface area contributed by atoms with E-state index in [1.165, 1.54) is 11.3 Å². The van der Waals surface area contributed by atoms with Gasteiger partial charge in [0.1, 0.15) is 0 Å². The summed E-state index contributed by atoms with van der Waals surface area (Å²) in [6, 6.07) is 3.65. The molecule has 3 heterocycles. The molecule has 2 saturated heterocycles. The zero-order chi connectivity index (χ0) is 19.2. The van der Waals surface area contributed by atoms with Crippen LogP contribution in [0, 0.1) is 0 Å². The number of hydrogen-bond acceptors (Lipinski definition) is 6. The van der Waals surface area contributed by atoms with Crippen molar-refractivity contribution in [3.05, 3.63) is 21.3 Å². The number of amides is 2. The molecule has 27 heavy (non-hydrogen) atoms. The van der Waals surface area contributed by atoms with E-state index in [-0.39, 0.29) is 17.9 Å². The van der Waals surface area contributed by atoms with Crippen molar-refractivity contribution in [3.8, 4) is 0 Å². The molecular formula is C18H27ClN4O3S. The number of carbonyl (C=O) groups is 2. The van der Waals surface area contributed by atoms with Gasteiger partial charge < -0.3 is 15.0 Å². The van der Waals surface area contributed by atoms with Crippen LogP contribution in [0.15, 0.2) is 12.1 Å².